The lowest BCUT2D eigenvalue weighted by molar-refractivity contribution is 0.663. The lowest BCUT2D eigenvalue weighted by Crippen LogP contribution is -2.33. The van der Waals surface area contributed by atoms with Crippen LogP contribution in [0.15, 0.2) is 158 Å². The van der Waals surface area contributed by atoms with E-state index in [2.05, 4.69) is 59.9 Å². The number of furan rings is 2. The Morgan fingerprint density at radius 2 is 1.23 bits per heavy atom. The molecule has 0 aliphatic carbocycles. The third kappa shape index (κ3) is 3.94. The Morgan fingerprint density at radius 3 is 2.09 bits per heavy atom. The minimum absolute atomic E-state index is 0.361. The fourth-order valence-corrected chi connectivity index (χ4v) is 6.29. The number of fused-ring (bicyclic) bond motifs is 6. The van der Waals surface area contributed by atoms with Crippen molar-refractivity contribution >= 4 is 55.5 Å². The molecule has 1 N–H and O–H groups in total. The molecule has 2 aromatic heterocycles. The minimum atomic E-state index is -0.361. The molecule has 0 amide bonds. The highest BCUT2D eigenvalue weighted by Gasteiger charge is 2.25. The van der Waals surface area contributed by atoms with E-state index in [-0.39, 0.29) is 6.17 Å². The molecule has 1 unspecified atom stereocenters. The van der Waals surface area contributed by atoms with Crippen molar-refractivity contribution in [3.63, 3.8) is 0 Å². The van der Waals surface area contributed by atoms with E-state index in [1.54, 1.807) is 0 Å². The molecule has 208 valence electrons. The first-order valence-electron chi connectivity index (χ1n) is 14.7. The van der Waals surface area contributed by atoms with Crippen molar-refractivity contribution in [2.75, 3.05) is 0 Å². The fraction of sp³-hybridized carbons (Fsp3) is 0.0256. The minimum Gasteiger partial charge on any atom is -0.456 e. The van der Waals surface area contributed by atoms with E-state index in [1.165, 1.54) is 0 Å². The zero-order chi connectivity index (χ0) is 29.0. The van der Waals surface area contributed by atoms with Crippen molar-refractivity contribution in [1.82, 2.24) is 5.32 Å². The Balaban J connectivity index is 1.22. The maximum Gasteiger partial charge on any atom is 0.159 e. The standard InChI is InChI=1S/C39H25N3O2/c1-3-11-24(12-4-1)37-40-38(25-13-5-2-6-14-25)42-39(41-37)30-18-10-20-34-35(30)29-17-9-16-27(36(29)44-34)26-21-22-33-31(23-26)28-15-7-8-19-32(28)43-33/h1-23,39H,(H,40,41,42). The number of benzene rings is 6. The van der Waals surface area contributed by atoms with E-state index in [0.29, 0.717) is 5.84 Å². The Bertz CT molecular complexity index is 2420. The maximum atomic E-state index is 6.64. The molecule has 0 bridgehead atoms. The van der Waals surface area contributed by atoms with Gasteiger partial charge in [-0.1, -0.05) is 115 Å². The first-order valence-corrected chi connectivity index (χ1v) is 14.7. The van der Waals surface area contributed by atoms with E-state index >= 15 is 0 Å². The highest BCUT2D eigenvalue weighted by Crippen LogP contribution is 2.41. The molecule has 5 nitrogen and oxygen atoms in total. The summed E-state index contributed by atoms with van der Waals surface area (Å²) >= 11 is 0. The maximum absolute atomic E-state index is 6.64. The Kier molecular flexibility index (Phi) is 5.50. The molecule has 44 heavy (non-hydrogen) atoms. The van der Waals surface area contributed by atoms with E-state index in [1.807, 2.05) is 84.9 Å². The molecule has 8 aromatic rings. The largest absolute Gasteiger partial charge is 0.456 e. The average Bonchev–Trinajstić information content (AvgIpc) is 3.67. The number of nitrogens with zero attached hydrogens (tertiary/aromatic N) is 2. The van der Waals surface area contributed by atoms with Gasteiger partial charge < -0.3 is 14.2 Å². The molecule has 9 rings (SSSR count). The Labute approximate surface area is 252 Å². The Hall–Kier alpha value is -5.94. The highest BCUT2D eigenvalue weighted by molar-refractivity contribution is 6.15. The normalized spacial score (nSPS) is 15.0. The van der Waals surface area contributed by atoms with E-state index < -0.39 is 0 Å². The van der Waals surface area contributed by atoms with Crippen LogP contribution in [0.2, 0.25) is 0 Å². The van der Waals surface area contributed by atoms with Gasteiger partial charge in [0.25, 0.3) is 0 Å². The summed E-state index contributed by atoms with van der Waals surface area (Å²) in [5.74, 6) is 1.48. The molecule has 1 atom stereocenters. The van der Waals surface area contributed by atoms with Crippen molar-refractivity contribution in [1.29, 1.82) is 0 Å². The van der Waals surface area contributed by atoms with Gasteiger partial charge in [0, 0.05) is 43.8 Å². The number of nitrogens with one attached hydrogen (secondary N) is 1. The molecule has 0 fully saturated rings. The predicted octanol–water partition coefficient (Wildman–Crippen LogP) is 9.65. The summed E-state index contributed by atoms with van der Waals surface area (Å²) in [7, 11) is 0. The number of aliphatic imine (C=N–C) groups is 2. The van der Waals surface area contributed by atoms with Crippen LogP contribution >= 0.6 is 0 Å². The summed E-state index contributed by atoms with van der Waals surface area (Å²) in [6.45, 7) is 0. The van der Waals surface area contributed by atoms with Gasteiger partial charge in [0.05, 0.1) is 0 Å². The Morgan fingerprint density at radius 1 is 0.523 bits per heavy atom. The van der Waals surface area contributed by atoms with Crippen LogP contribution in [0.5, 0.6) is 0 Å². The molecule has 0 saturated carbocycles. The summed E-state index contributed by atoms with van der Waals surface area (Å²) in [5, 5.41) is 7.91. The van der Waals surface area contributed by atoms with Crippen LogP contribution in [0.4, 0.5) is 0 Å². The average molecular weight is 568 g/mol. The fourth-order valence-electron chi connectivity index (χ4n) is 6.29. The zero-order valence-electron chi connectivity index (χ0n) is 23.6. The third-order valence-electron chi connectivity index (χ3n) is 8.36. The predicted molar refractivity (Wildman–Crippen MR) is 178 cm³/mol. The van der Waals surface area contributed by atoms with E-state index in [4.69, 9.17) is 18.8 Å². The summed E-state index contributed by atoms with van der Waals surface area (Å²) in [6.07, 6.45) is -0.361. The van der Waals surface area contributed by atoms with Crippen molar-refractivity contribution in [3.8, 4) is 11.1 Å². The lowest BCUT2D eigenvalue weighted by atomic mass is 9.98. The molecular formula is C39H25N3O2. The number of para-hydroxylation sites is 2. The van der Waals surface area contributed by atoms with Gasteiger partial charge in [-0.05, 0) is 29.8 Å². The zero-order valence-corrected chi connectivity index (χ0v) is 23.6. The topological polar surface area (TPSA) is 63.0 Å². The van der Waals surface area contributed by atoms with Crippen molar-refractivity contribution < 1.29 is 8.83 Å². The van der Waals surface area contributed by atoms with Gasteiger partial charge in [0.1, 0.15) is 34.3 Å². The molecule has 0 spiro atoms. The summed E-state index contributed by atoms with van der Waals surface area (Å²) < 4.78 is 12.7. The number of rotatable bonds is 4. The first kappa shape index (κ1) is 24.6. The molecule has 3 heterocycles. The van der Waals surface area contributed by atoms with Crippen molar-refractivity contribution in [2.45, 2.75) is 6.17 Å². The molecule has 0 radical (unpaired) electrons. The van der Waals surface area contributed by atoms with Crippen LogP contribution in [0.3, 0.4) is 0 Å². The third-order valence-corrected chi connectivity index (χ3v) is 8.36. The molecule has 1 aliphatic heterocycles. The smallest absolute Gasteiger partial charge is 0.159 e. The summed E-state index contributed by atoms with van der Waals surface area (Å²) in [6, 6.07) is 47.4. The van der Waals surface area contributed by atoms with Crippen molar-refractivity contribution in [3.05, 3.63) is 156 Å². The van der Waals surface area contributed by atoms with E-state index in [9.17, 15) is 0 Å². The first-order chi connectivity index (χ1) is 21.8. The van der Waals surface area contributed by atoms with Crippen LogP contribution in [-0.2, 0) is 0 Å². The second-order valence-corrected chi connectivity index (χ2v) is 11.0. The van der Waals surface area contributed by atoms with Gasteiger partial charge >= 0.3 is 0 Å². The quantitative estimate of drug-likeness (QED) is 0.230. The van der Waals surface area contributed by atoms with Gasteiger partial charge in [-0.15, -0.1) is 0 Å². The van der Waals surface area contributed by atoms with Crippen LogP contribution in [0.25, 0.3) is 55.0 Å². The van der Waals surface area contributed by atoms with Gasteiger partial charge in [0.2, 0.25) is 0 Å². The summed E-state index contributed by atoms with van der Waals surface area (Å²) in [4.78, 5) is 10.1. The second kappa shape index (κ2) is 9.82. The van der Waals surface area contributed by atoms with Crippen molar-refractivity contribution in [2.24, 2.45) is 9.98 Å². The van der Waals surface area contributed by atoms with Crippen LogP contribution < -0.4 is 5.32 Å². The van der Waals surface area contributed by atoms with Gasteiger partial charge in [-0.3, -0.25) is 0 Å². The number of hydrogen-bond acceptors (Lipinski definition) is 5. The second-order valence-electron chi connectivity index (χ2n) is 11.0. The van der Waals surface area contributed by atoms with Crippen LogP contribution in [0, 0.1) is 0 Å². The van der Waals surface area contributed by atoms with Gasteiger partial charge in [-0.2, -0.15) is 0 Å². The highest BCUT2D eigenvalue weighted by atomic mass is 16.3. The number of amidine groups is 2. The van der Waals surface area contributed by atoms with Gasteiger partial charge in [-0.25, -0.2) is 9.98 Å². The molecule has 5 heteroatoms. The van der Waals surface area contributed by atoms with Gasteiger partial charge in [0.15, 0.2) is 5.84 Å². The molecule has 6 aromatic carbocycles. The van der Waals surface area contributed by atoms with Crippen LogP contribution in [-0.4, -0.2) is 11.7 Å². The lowest BCUT2D eigenvalue weighted by Gasteiger charge is -2.24. The SMILES string of the molecule is c1ccc(C2=NC(c3cccc4oc5c(-c6ccc7oc8ccccc8c7c6)cccc5c34)NC(c3ccccc3)=N2)cc1. The number of hydrogen-bond donors (Lipinski definition) is 1. The van der Waals surface area contributed by atoms with E-state index in [0.717, 1.165) is 77.5 Å². The molecule has 1 aliphatic rings. The van der Waals surface area contributed by atoms with Crippen LogP contribution in [0.1, 0.15) is 22.9 Å². The molecule has 0 saturated heterocycles. The monoisotopic (exact) mass is 567 g/mol. The molecular weight excluding hydrogens is 542 g/mol. The summed E-state index contributed by atoms with van der Waals surface area (Å²) in [5.41, 5.74) is 8.56.